The van der Waals surface area contributed by atoms with Crippen molar-refractivity contribution >= 4 is 5.91 Å². The Kier molecular flexibility index (Phi) is 4.08. The summed E-state index contributed by atoms with van der Waals surface area (Å²) in [6, 6.07) is 5.76. The molecule has 1 amide bonds. The average molecular weight is 339 g/mol. The second-order valence-electron chi connectivity index (χ2n) is 5.72. The Hall–Kier alpha value is -2.35. The normalized spacial score (nSPS) is 17.0. The minimum atomic E-state index is -4.53. The minimum Gasteiger partial charge on any atom is -0.363 e. The zero-order chi connectivity index (χ0) is 17.5. The fourth-order valence-corrected chi connectivity index (χ4v) is 2.50. The van der Waals surface area contributed by atoms with Gasteiger partial charge in [0.05, 0.1) is 23.6 Å². The topological polar surface area (TPSA) is 59.5 Å². The predicted octanol–water partition coefficient (Wildman–Crippen LogP) is 2.52. The van der Waals surface area contributed by atoms with E-state index in [9.17, 15) is 18.0 Å². The number of halogens is 3. The number of rotatable bonds is 4. The highest BCUT2D eigenvalue weighted by atomic mass is 19.4. The molecule has 3 rings (SSSR count). The molecule has 8 heteroatoms. The molecular weight excluding hydrogens is 323 g/mol. The molecule has 24 heavy (non-hydrogen) atoms. The Morgan fingerprint density at radius 1 is 1.38 bits per heavy atom. The first-order chi connectivity index (χ1) is 11.3. The smallest absolute Gasteiger partial charge is 0.363 e. The number of benzene rings is 1. The summed E-state index contributed by atoms with van der Waals surface area (Å²) >= 11 is 0. The highest BCUT2D eigenvalue weighted by Crippen LogP contribution is 2.33. The molecule has 128 valence electrons. The van der Waals surface area contributed by atoms with E-state index >= 15 is 0 Å². The maximum absolute atomic E-state index is 13.4. The van der Waals surface area contributed by atoms with Gasteiger partial charge in [-0.3, -0.25) is 4.79 Å². The number of hydrogen-bond donors (Lipinski definition) is 1. The SMILES string of the molecule is Cc1cc(C)n(-c2ccc(CNC(=O)C3CO3)c(C(F)(F)F)c2)n1. The highest BCUT2D eigenvalue weighted by molar-refractivity contribution is 5.82. The molecule has 0 spiro atoms. The van der Waals surface area contributed by atoms with Gasteiger partial charge in [-0.1, -0.05) is 6.07 Å². The van der Waals surface area contributed by atoms with E-state index in [0.717, 1.165) is 17.5 Å². The second-order valence-corrected chi connectivity index (χ2v) is 5.72. The van der Waals surface area contributed by atoms with E-state index in [4.69, 9.17) is 4.74 Å². The first kappa shape index (κ1) is 16.5. The lowest BCUT2D eigenvalue weighted by molar-refractivity contribution is -0.138. The molecule has 1 N–H and O–H groups in total. The predicted molar refractivity (Wildman–Crippen MR) is 79.6 cm³/mol. The van der Waals surface area contributed by atoms with Gasteiger partial charge in [-0.05, 0) is 37.6 Å². The van der Waals surface area contributed by atoms with Crippen LogP contribution in [0, 0.1) is 13.8 Å². The van der Waals surface area contributed by atoms with Crippen LogP contribution in [0.1, 0.15) is 22.5 Å². The van der Waals surface area contributed by atoms with Crippen LogP contribution < -0.4 is 5.32 Å². The molecule has 1 aromatic carbocycles. The lowest BCUT2D eigenvalue weighted by atomic mass is 10.1. The average Bonchev–Trinajstić information content (AvgIpc) is 3.29. The molecule has 1 fully saturated rings. The summed E-state index contributed by atoms with van der Waals surface area (Å²) in [5.74, 6) is -0.397. The first-order valence-corrected chi connectivity index (χ1v) is 7.39. The van der Waals surface area contributed by atoms with Crippen molar-refractivity contribution in [3.63, 3.8) is 0 Å². The summed E-state index contributed by atoms with van der Waals surface area (Å²) in [5, 5.41) is 6.66. The number of nitrogens with one attached hydrogen (secondary N) is 1. The van der Waals surface area contributed by atoms with Crippen LogP contribution in [0.25, 0.3) is 5.69 Å². The molecule has 0 bridgehead atoms. The summed E-state index contributed by atoms with van der Waals surface area (Å²) in [5.41, 5.74) is 1.01. The molecule has 1 atom stereocenters. The van der Waals surface area contributed by atoms with Crippen molar-refractivity contribution < 1.29 is 22.7 Å². The fraction of sp³-hybridized carbons (Fsp3) is 0.375. The number of alkyl halides is 3. The largest absolute Gasteiger partial charge is 0.416 e. The standard InChI is InChI=1S/C16H16F3N3O2/c1-9-5-10(2)22(21-9)12-4-3-11(13(6-12)16(17,18)19)7-20-15(23)14-8-24-14/h3-6,14H,7-8H2,1-2H3,(H,20,23). The van der Waals surface area contributed by atoms with Gasteiger partial charge in [0.15, 0.2) is 6.10 Å². The summed E-state index contributed by atoms with van der Waals surface area (Å²) in [4.78, 5) is 11.5. The van der Waals surface area contributed by atoms with Crippen LogP contribution >= 0.6 is 0 Å². The summed E-state index contributed by atoms with van der Waals surface area (Å²) in [6.07, 6.45) is -5.06. The number of aryl methyl sites for hydroxylation is 2. The third kappa shape index (κ3) is 3.43. The van der Waals surface area contributed by atoms with Crippen molar-refractivity contribution in [1.82, 2.24) is 15.1 Å². The number of nitrogens with zero attached hydrogens (tertiary/aromatic N) is 2. The third-order valence-corrected chi connectivity index (χ3v) is 3.73. The van der Waals surface area contributed by atoms with E-state index < -0.39 is 23.8 Å². The number of amides is 1. The Balaban J connectivity index is 1.91. The number of carbonyl (C=O) groups excluding carboxylic acids is 1. The van der Waals surface area contributed by atoms with Crippen LogP contribution in [-0.4, -0.2) is 28.4 Å². The van der Waals surface area contributed by atoms with Crippen LogP contribution in [-0.2, 0) is 22.3 Å². The second kappa shape index (κ2) is 5.94. The van der Waals surface area contributed by atoms with Crippen LogP contribution in [0.2, 0.25) is 0 Å². The van der Waals surface area contributed by atoms with Crippen molar-refractivity contribution in [2.24, 2.45) is 0 Å². The molecule has 1 aliphatic heterocycles. The summed E-state index contributed by atoms with van der Waals surface area (Å²) < 4.78 is 46.4. The lowest BCUT2D eigenvalue weighted by Crippen LogP contribution is -2.28. The molecule has 2 aromatic rings. The molecule has 0 radical (unpaired) electrons. The zero-order valence-corrected chi connectivity index (χ0v) is 13.1. The van der Waals surface area contributed by atoms with Gasteiger partial charge in [0.2, 0.25) is 0 Å². The highest BCUT2D eigenvalue weighted by Gasteiger charge is 2.35. The molecule has 1 unspecified atom stereocenters. The maximum atomic E-state index is 13.4. The van der Waals surface area contributed by atoms with Gasteiger partial charge in [0.25, 0.3) is 5.91 Å². The number of aromatic nitrogens is 2. The van der Waals surface area contributed by atoms with E-state index in [0.29, 0.717) is 12.3 Å². The molecule has 1 aliphatic rings. The number of hydrogen-bond acceptors (Lipinski definition) is 3. The van der Waals surface area contributed by atoms with E-state index in [1.54, 1.807) is 26.0 Å². The quantitative estimate of drug-likeness (QED) is 0.871. The molecule has 0 aliphatic carbocycles. The van der Waals surface area contributed by atoms with Gasteiger partial charge in [-0.15, -0.1) is 0 Å². The van der Waals surface area contributed by atoms with Crippen molar-refractivity contribution in [2.75, 3.05) is 6.61 Å². The van der Waals surface area contributed by atoms with Crippen LogP contribution in [0.3, 0.4) is 0 Å². The van der Waals surface area contributed by atoms with Gasteiger partial charge in [0, 0.05) is 12.2 Å². The Labute approximate surface area is 136 Å². The van der Waals surface area contributed by atoms with Crippen LogP contribution in [0.4, 0.5) is 13.2 Å². The van der Waals surface area contributed by atoms with Crippen molar-refractivity contribution in [3.05, 3.63) is 46.8 Å². The Bertz CT molecular complexity index is 779. The van der Waals surface area contributed by atoms with Gasteiger partial charge >= 0.3 is 6.18 Å². The molecular formula is C16H16F3N3O2. The number of epoxide rings is 1. The molecule has 2 heterocycles. The molecule has 0 saturated carbocycles. The maximum Gasteiger partial charge on any atom is 0.416 e. The Morgan fingerprint density at radius 3 is 2.62 bits per heavy atom. The monoisotopic (exact) mass is 339 g/mol. The van der Waals surface area contributed by atoms with Crippen LogP contribution in [0.5, 0.6) is 0 Å². The lowest BCUT2D eigenvalue weighted by Gasteiger charge is -2.15. The summed E-state index contributed by atoms with van der Waals surface area (Å²) in [7, 11) is 0. The molecule has 1 saturated heterocycles. The number of carbonyl (C=O) groups is 1. The van der Waals surface area contributed by atoms with E-state index in [1.807, 2.05) is 0 Å². The van der Waals surface area contributed by atoms with E-state index in [2.05, 4.69) is 10.4 Å². The fourth-order valence-electron chi connectivity index (χ4n) is 2.50. The summed E-state index contributed by atoms with van der Waals surface area (Å²) in [6.45, 7) is 3.66. The third-order valence-electron chi connectivity index (χ3n) is 3.73. The first-order valence-electron chi connectivity index (χ1n) is 7.39. The van der Waals surface area contributed by atoms with Crippen molar-refractivity contribution in [2.45, 2.75) is 32.7 Å². The van der Waals surface area contributed by atoms with E-state index in [1.165, 1.54) is 10.7 Å². The van der Waals surface area contributed by atoms with Gasteiger partial charge in [-0.25, -0.2) is 4.68 Å². The van der Waals surface area contributed by atoms with Gasteiger partial charge in [0.1, 0.15) is 0 Å². The van der Waals surface area contributed by atoms with Crippen LogP contribution in [0.15, 0.2) is 24.3 Å². The number of ether oxygens (including phenoxy) is 1. The van der Waals surface area contributed by atoms with Crippen molar-refractivity contribution in [3.8, 4) is 5.69 Å². The van der Waals surface area contributed by atoms with Crippen molar-refractivity contribution in [1.29, 1.82) is 0 Å². The molecule has 1 aromatic heterocycles. The Morgan fingerprint density at radius 2 is 2.08 bits per heavy atom. The van der Waals surface area contributed by atoms with Gasteiger partial charge in [-0.2, -0.15) is 18.3 Å². The van der Waals surface area contributed by atoms with Gasteiger partial charge < -0.3 is 10.1 Å². The van der Waals surface area contributed by atoms with E-state index in [-0.39, 0.29) is 12.1 Å². The molecule has 5 nitrogen and oxygen atoms in total. The zero-order valence-electron chi connectivity index (χ0n) is 13.1. The minimum absolute atomic E-state index is 0.00165.